The third kappa shape index (κ3) is 57.6. The Hall–Kier alpha value is -3.15. The van der Waals surface area contributed by atoms with E-state index in [0.29, 0.717) is 19.3 Å². The largest absolute Gasteiger partial charge is 0.462 e. The number of carbonyl (C=O) groups is 3. The summed E-state index contributed by atoms with van der Waals surface area (Å²) in [7, 11) is 0. The smallest absolute Gasteiger partial charge is 0.306 e. The number of esters is 3. The number of hydrogen-bond donors (Lipinski definition) is 0. The average Bonchev–Trinajstić information content (AvgIpc) is 3.37. The molecule has 1 unspecified atom stereocenters. The summed E-state index contributed by atoms with van der Waals surface area (Å²) in [5, 5.41) is 0. The highest BCUT2D eigenvalue weighted by Gasteiger charge is 2.19. The van der Waals surface area contributed by atoms with Crippen molar-refractivity contribution in [2.45, 2.75) is 309 Å². The van der Waals surface area contributed by atoms with Gasteiger partial charge in [0.25, 0.3) is 0 Å². The van der Waals surface area contributed by atoms with Gasteiger partial charge in [-0.1, -0.05) is 267 Å². The molecule has 0 heterocycles. The van der Waals surface area contributed by atoms with E-state index in [1.165, 1.54) is 173 Å². The number of rotatable bonds is 55. The minimum absolute atomic E-state index is 0.0754. The molecule has 0 radical (unpaired) electrons. The van der Waals surface area contributed by atoms with Crippen molar-refractivity contribution in [1.29, 1.82) is 0 Å². The van der Waals surface area contributed by atoms with Crippen LogP contribution in [0.2, 0.25) is 0 Å². The third-order valence-corrected chi connectivity index (χ3v) is 13.2. The molecular weight excluding hydrogens is 877 g/mol. The van der Waals surface area contributed by atoms with Crippen LogP contribution < -0.4 is 0 Å². The number of ether oxygens (including phenoxy) is 3. The summed E-state index contributed by atoms with van der Waals surface area (Å²) >= 11 is 0. The summed E-state index contributed by atoms with van der Waals surface area (Å²) in [5.74, 6) is -0.873. The number of carbonyl (C=O) groups excluding carboxylic acids is 3. The van der Waals surface area contributed by atoms with Crippen molar-refractivity contribution in [1.82, 2.24) is 0 Å². The second kappa shape index (κ2) is 59.4. The van der Waals surface area contributed by atoms with E-state index < -0.39 is 6.10 Å². The Bertz CT molecular complexity index is 1320. The number of unbranched alkanes of at least 4 members (excludes halogenated alkanes) is 32. The fourth-order valence-corrected chi connectivity index (χ4v) is 8.64. The van der Waals surface area contributed by atoms with Crippen LogP contribution in [-0.4, -0.2) is 37.2 Å². The van der Waals surface area contributed by atoms with Gasteiger partial charge >= 0.3 is 17.9 Å². The van der Waals surface area contributed by atoms with Crippen LogP contribution in [0.4, 0.5) is 0 Å². The zero-order chi connectivity index (χ0) is 51.4. The van der Waals surface area contributed by atoms with E-state index in [-0.39, 0.29) is 31.1 Å². The maximum atomic E-state index is 12.9. The molecule has 410 valence electrons. The van der Waals surface area contributed by atoms with Gasteiger partial charge in [-0.3, -0.25) is 14.4 Å². The van der Waals surface area contributed by atoms with Crippen LogP contribution in [0.25, 0.3) is 0 Å². The quantitative estimate of drug-likeness (QED) is 0.0261. The fourth-order valence-electron chi connectivity index (χ4n) is 8.64. The molecule has 0 rings (SSSR count). The van der Waals surface area contributed by atoms with E-state index in [1.807, 2.05) is 0 Å². The van der Waals surface area contributed by atoms with Gasteiger partial charge in [-0.25, -0.2) is 0 Å². The van der Waals surface area contributed by atoms with Crippen molar-refractivity contribution in [3.05, 3.63) is 72.9 Å². The first-order chi connectivity index (χ1) is 35.0. The molecule has 0 amide bonds. The van der Waals surface area contributed by atoms with Gasteiger partial charge in [0.2, 0.25) is 0 Å². The normalized spacial score (nSPS) is 12.5. The summed E-state index contributed by atoms with van der Waals surface area (Å²) < 4.78 is 16.9. The Kier molecular flexibility index (Phi) is 56.8. The van der Waals surface area contributed by atoms with Crippen LogP contribution in [0.3, 0.4) is 0 Å². The topological polar surface area (TPSA) is 78.9 Å². The predicted molar refractivity (Wildman–Crippen MR) is 307 cm³/mol. The van der Waals surface area contributed by atoms with E-state index in [1.54, 1.807) is 0 Å². The van der Waals surface area contributed by atoms with Crippen LogP contribution in [0.5, 0.6) is 0 Å². The van der Waals surface area contributed by atoms with Crippen molar-refractivity contribution < 1.29 is 28.6 Å². The maximum Gasteiger partial charge on any atom is 0.306 e. The SMILES string of the molecule is CC/C=C\C/C=C\C/C=C\C/C=C\CCCCCCCCCCCCC(=O)OCC(COC(=O)CCCCCCCCCCCCC)OC(=O)CCCCCCCCCCC/C=C\C/C=C\CCCCC. The highest BCUT2D eigenvalue weighted by atomic mass is 16.6. The lowest BCUT2D eigenvalue weighted by molar-refractivity contribution is -0.167. The molecule has 0 N–H and O–H groups in total. The van der Waals surface area contributed by atoms with Gasteiger partial charge in [-0.2, -0.15) is 0 Å². The van der Waals surface area contributed by atoms with E-state index in [4.69, 9.17) is 14.2 Å². The molecular formula is C65H114O6. The Morgan fingerprint density at radius 1 is 0.296 bits per heavy atom. The van der Waals surface area contributed by atoms with Gasteiger partial charge in [0.05, 0.1) is 0 Å². The van der Waals surface area contributed by atoms with Gasteiger partial charge < -0.3 is 14.2 Å². The lowest BCUT2D eigenvalue weighted by atomic mass is 10.1. The maximum absolute atomic E-state index is 12.9. The summed E-state index contributed by atoms with van der Waals surface area (Å²) in [4.78, 5) is 38.2. The first kappa shape index (κ1) is 67.8. The Balaban J connectivity index is 4.29. The van der Waals surface area contributed by atoms with Crippen molar-refractivity contribution in [3.8, 4) is 0 Å². The van der Waals surface area contributed by atoms with Crippen molar-refractivity contribution in [3.63, 3.8) is 0 Å². The van der Waals surface area contributed by atoms with Crippen LogP contribution >= 0.6 is 0 Å². The van der Waals surface area contributed by atoms with E-state index in [9.17, 15) is 14.4 Å². The molecule has 6 heteroatoms. The monoisotopic (exact) mass is 991 g/mol. The second-order valence-electron chi connectivity index (χ2n) is 20.2. The molecule has 0 aliphatic heterocycles. The molecule has 0 aliphatic rings. The molecule has 0 aromatic carbocycles. The van der Waals surface area contributed by atoms with Crippen molar-refractivity contribution in [2.75, 3.05) is 13.2 Å². The first-order valence-corrected chi connectivity index (χ1v) is 30.4. The summed E-state index contributed by atoms with van der Waals surface area (Å²) in [6, 6.07) is 0. The van der Waals surface area contributed by atoms with Crippen LogP contribution in [0, 0.1) is 0 Å². The van der Waals surface area contributed by atoms with Crippen LogP contribution in [0.1, 0.15) is 303 Å². The van der Waals surface area contributed by atoms with Crippen molar-refractivity contribution >= 4 is 17.9 Å². The zero-order valence-electron chi connectivity index (χ0n) is 47.0. The highest BCUT2D eigenvalue weighted by molar-refractivity contribution is 5.71. The average molecular weight is 992 g/mol. The van der Waals surface area contributed by atoms with Gasteiger partial charge in [0, 0.05) is 19.3 Å². The van der Waals surface area contributed by atoms with E-state index in [0.717, 1.165) is 89.9 Å². The highest BCUT2D eigenvalue weighted by Crippen LogP contribution is 2.16. The molecule has 0 fully saturated rings. The minimum Gasteiger partial charge on any atom is -0.462 e. The molecule has 1 atom stereocenters. The molecule has 0 saturated carbocycles. The van der Waals surface area contributed by atoms with E-state index >= 15 is 0 Å². The number of hydrogen-bond acceptors (Lipinski definition) is 6. The Morgan fingerprint density at radius 2 is 0.549 bits per heavy atom. The molecule has 6 nitrogen and oxygen atoms in total. The van der Waals surface area contributed by atoms with Crippen LogP contribution in [0.15, 0.2) is 72.9 Å². The van der Waals surface area contributed by atoms with Gasteiger partial charge in [-0.05, 0) is 89.9 Å². The summed E-state index contributed by atoms with van der Waals surface area (Å²) in [6.07, 6.45) is 76.1. The van der Waals surface area contributed by atoms with E-state index in [2.05, 4.69) is 93.7 Å². The molecule has 71 heavy (non-hydrogen) atoms. The summed E-state index contributed by atoms with van der Waals surface area (Å²) in [5.41, 5.74) is 0. The molecule has 0 aromatic heterocycles. The van der Waals surface area contributed by atoms with Gasteiger partial charge in [-0.15, -0.1) is 0 Å². The lowest BCUT2D eigenvalue weighted by Gasteiger charge is -2.18. The van der Waals surface area contributed by atoms with Crippen molar-refractivity contribution in [2.24, 2.45) is 0 Å². The first-order valence-electron chi connectivity index (χ1n) is 30.4. The van der Waals surface area contributed by atoms with Gasteiger partial charge in [0.1, 0.15) is 13.2 Å². The number of allylic oxidation sites excluding steroid dienone is 12. The molecule has 0 aliphatic carbocycles. The second-order valence-corrected chi connectivity index (χ2v) is 20.2. The minimum atomic E-state index is -0.778. The third-order valence-electron chi connectivity index (χ3n) is 13.2. The van der Waals surface area contributed by atoms with Gasteiger partial charge in [0.15, 0.2) is 6.10 Å². The Labute approximate surface area is 440 Å². The Morgan fingerprint density at radius 3 is 0.887 bits per heavy atom. The lowest BCUT2D eigenvalue weighted by Crippen LogP contribution is -2.30. The van der Waals surface area contributed by atoms with Crippen LogP contribution in [-0.2, 0) is 28.6 Å². The fraction of sp³-hybridized carbons (Fsp3) is 0.769. The molecule has 0 saturated heterocycles. The molecule has 0 bridgehead atoms. The predicted octanol–water partition coefficient (Wildman–Crippen LogP) is 20.5. The summed E-state index contributed by atoms with van der Waals surface area (Å²) in [6.45, 7) is 6.52. The zero-order valence-corrected chi connectivity index (χ0v) is 47.0. The molecule has 0 aromatic rings. The standard InChI is InChI=1S/C65H114O6/c1-4-7-10-13-16-19-22-24-26-28-30-31-32-33-35-36-38-40-43-46-49-52-55-58-64(67)70-61-62(60-69-63(66)57-54-51-48-45-42-21-18-15-12-9-6-3)71-65(68)59-56-53-50-47-44-41-39-37-34-29-27-25-23-20-17-14-11-8-5-2/h7,10,16-17,19-20,24-27,30-31,62H,4-6,8-9,11-15,18,21-23,28-29,32-61H2,1-3H3/b10-7-,19-16-,20-17-,26-24-,27-25-,31-30-. The molecule has 0 spiro atoms.